The van der Waals surface area contributed by atoms with Gasteiger partial charge in [-0.15, -0.1) is 11.8 Å². The van der Waals surface area contributed by atoms with Gasteiger partial charge in [0.1, 0.15) is 5.70 Å². The highest BCUT2D eigenvalue weighted by Crippen LogP contribution is 2.28. The van der Waals surface area contributed by atoms with Crippen LogP contribution in [0.4, 0.5) is 11.4 Å². The maximum Gasteiger partial charge on any atom is 0.339 e. The Morgan fingerprint density at radius 1 is 0.818 bits per heavy atom. The number of anilines is 2. The summed E-state index contributed by atoms with van der Waals surface area (Å²) in [7, 11) is 1.28. The molecule has 0 bridgehead atoms. The van der Waals surface area contributed by atoms with Gasteiger partial charge in [0.15, 0.2) is 0 Å². The van der Waals surface area contributed by atoms with Crippen LogP contribution in [-0.2, 0) is 14.3 Å². The number of ether oxygens (including phenoxy) is 1. The average Bonchev–Trinajstić information content (AvgIpc) is 3.03. The number of esters is 1. The molecule has 4 rings (SSSR count). The third-order valence-electron chi connectivity index (χ3n) is 6.19. The zero-order valence-electron chi connectivity index (χ0n) is 23.6. The number of benzene rings is 4. The van der Waals surface area contributed by atoms with E-state index in [0.717, 1.165) is 4.90 Å². The Morgan fingerprint density at radius 2 is 1.50 bits per heavy atom. The average molecular weight is 649 g/mol. The van der Waals surface area contributed by atoms with Gasteiger partial charge in [0.25, 0.3) is 11.8 Å². The van der Waals surface area contributed by atoms with E-state index in [0.29, 0.717) is 27.5 Å². The number of halogens is 2. The molecule has 0 radical (unpaired) electrons. The lowest BCUT2D eigenvalue weighted by Gasteiger charge is -2.15. The summed E-state index contributed by atoms with van der Waals surface area (Å²) in [6.07, 6.45) is 1.45. The van der Waals surface area contributed by atoms with Crippen molar-refractivity contribution in [2.24, 2.45) is 0 Å². The molecule has 1 atom stereocenters. The minimum atomic E-state index is -0.581. The van der Waals surface area contributed by atoms with Crippen molar-refractivity contribution in [1.82, 2.24) is 5.32 Å². The molecule has 224 valence electrons. The monoisotopic (exact) mass is 647 g/mol. The van der Waals surface area contributed by atoms with Crippen LogP contribution < -0.4 is 16.0 Å². The van der Waals surface area contributed by atoms with Crippen molar-refractivity contribution < 1.29 is 23.9 Å². The number of rotatable bonds is 10. The second-order valence-electron chi connectivity index (χ2n) is 9.29. The lowest BCUT2D eigenvalue weighted by atomic mass is 10.1. The molecule has 0 aromatic heterocycles. The van der Waals surface area contributed by atoms with E-state index in [9.17, 15) is 19.2 Å². The number of hydrogen-bond donors (Lipinski definition) is 3. The number of thioether (sulfide) groups is 1. The maximum atomic E-state index is 13.3. The van der Waals surface area contributed by atoms with Crippen LogP contribution in [0.5, 0.6) is 0 Å². The van der Waals surface area contributed by atoms with Crippen LogP contribution in [0, 0.1) is 0 Å². The topological polar surface area (TPSA) is 114 Å². The van der Waals surface area contributed by atoms with Gasteiger partial charge < -0.3 is 20.7 Å². The van der Waals surface area contributed by atoms with Crippen LogP contribution in [0.2, 0.25) is 10.0 Å². The van der Waals surface area contributed by atoms with Crippen molar-refractivity contribution in [3.05, 3.63) is 129 Å². The first-order valence-electron chi connectivity index (χ1n) is 13.2. The Morgan fingerprint density at radius 3 is 2.20 bits per heavy atom. The van der Waals surface area contributed by atoms with Crippen LogP contribution >= 0.6 is 35.0 Å². The fraction of sp³-hybridized carbons (Fsp3) is 0.0909. The highest BCUT2D eigenvalue weighted by molar-refractivity contribution is 8.00. The van der Waals surface area contributed by atoms with E-state index in [1.54, 1.807) is 104 Å². The van der Waals surface area contributed by atoms with Gasteiger partial charge in [-0.1, -0.05) is 65.7 Å². The predicted octanol–water partition coefficient (Wildman–Crippen LogP) is 7.31. The van der Waals surface area contributed by atoms with Crippen LogP contribution in [0.15, 0.2) is 108 Å². The smallest absolute Gasteiger partial charge is 0.339 e. The number of nitrogens with one attached hydrogen (secondary N) is 3. The molecule has 1 unspecified atom stereocenters. The summed E-state index contributed by atoms with van der Waals surface area (Å²) in [5, 5.41) is 8.25. The molecule has 4 aromatic carbocycles. The Kier molecular flexibility index (Phi) is 11.2. The fourth-order valence-electron chi connectivity index (χ4n) is 3.92. The molecule has 8 nitrogen and oxygen atoms in total. The molecule has 11 heteroatoms. The van der Waals surface area contributed by atoms with E-state index in [4.69, 9.17) is 27.9 Å². The zero-order valence-corrected chi connectivity index (χ0v) is 25.9. The molecule has 44 heavy (non-hydrogen) atoms. The molecule has 3 N–H and O–H groups in total. The minimum Gasteiger partial charge on any atom is -0.465 e. The number of amides is 3. The third-order valence-corrected chi connectivity index (χ3v) is 8.14. The van der Waals surface area contributed by atoms with E-state index >= 15 is 0 Å². The summed E-state index contributed by atoms with van der Waals surface area (Å²) in [5.74, 6) is -1.90. The van der Waals surface area contributed by atoms with Gasteiger partial charge in [-0.3, -0.25) is 14.4 Å². The summed E-state index contributed by atoms with van der Waals surface area (Å²) in [6, 6.07) is 26.9. The molecule has 4 aromatic rings. The van der Waals surface area contributed by atoms with E-state index < -0.39 is 23.0 Å². The van der Waals surface area contributed by atoms with Crippen LogP contribution in [0.3, 0.4) is 0 Å². The van der Waals surface area contributed by atoms with E-state index in [2.05, 4.69) is 16.0 Å². The third kappa shape index (κ3) is 8.50. The summed E-state index contributed by atoms with van der Waals surface area (Å²) >= 11 is 13.8. The van der Waals surface area contributed by atoms with Crippen LogP contribution in [0.25, 0.3) is 6.08 Å². The maximum absolute atomic E-state index is 13.3. The van der Waals surface area contributed by atoms with E-state index in [1.165, 1.54) is 24.9 Å². The lowest BCUT2D eigenvalue weighted by Crippen LogP contribution is -2.30. The standard InChI is InChI=1S/C33H27Cl2N3O5S/c1-20(30(39)37-27-14-7-6-12-25(27)33(42)43-2)44-24-17-15-23(16-18-24)36-32(41)28(19-22-11-8-13-26(34)29(22)35)38-31(40)21-9-4-3-5-10-21/h3-20H,1-2H3,(H,36,41)(H,37,39)(H,38,40)/b28-19-. The van der Waals surface area contributed by atoms with E-state index in [1.807, 2.05) is 0 Å². The van der Waals surface area contributed by atoms with Crippen molar-refractivity contribution in [3.63, 3.8) is 0 Å². The number of hydrogen-bond acceptors (Lipinski definition) is 6. The second kappa shape index (κ2) is 15.2. The van der Waals surface area contributed by atoms with Gasteiger partial charge in [-0.05, 0) is 73.2 Å². The minimum absolute atomic E-state index is 0.0426. The number of carbonyl (C=O) groups is 4. The molecule has 0 saturated carbocycles. The molecule has 0 aliphatic rings. The quantitative estimate of drug-likeness (QED) is 0.0945. The fourth-order valence-corrected chi connectivity index (χ4v) is 5.15. The van der Waals surface area contributed by atoms with Crippen molar-refractivity contribution in [2.75, 3.05) is 17.7 Å². The molecule has 0 aliphatic heterocycles. The van der Waals surface area contributed by atoms with Crippen LogP contribution in [-0.4, -0.2) is 36.1 Å². The summed E-state index contributed by atoms with van der Waals surface area (Å²) in [6.45, 7) is 1.74. The Hall–Kier alpha value is -4.57. The number of para-hydroxylation sites is 1. The van der Waals surface area contributed by atoms with Gasteiger partial charge >= 0.3 is 5.97 Å². The number of carbonyl (C=O) groups excluding carboxylic acids is 4. The molecule has 0 spiro atoms. The summed E-state index contributed by atoms with van der Waals surface area (Å²) in [5.41, 5.74) is 1.85. The zero-order chi connectivity index (χ0) is 31.6. The first kappa shape index (κ1) is 32.3. The largest absolute Gasteiger partial charge is 0.465 e. The highest BCUT2D eigenvalue weighted by atomic mass is 35.5. The Balaban J connectivity index is 1.45. The van der Waals surface area contributed by atoms with E-state index in [-0.39, 0.29) is 22.2 Å². The van der Waals surface area contributed by atoms with Crippen molar-refractivity contribution >= 4 is 76.1 Å². The summed E-state index contributed by atoms with van der Waals surface area (Å²) in [4.78, 5) is 51.9. The van der Waals surface area contributed by atoms with Gasteiger partial charge in [0.05, 0.1) is 33.7 Å². The molecular weight excluding hydrogens is 621 g/mol. The van der Waals surface area contributed by atoms with Crippen molar-refractivity contribution in [2.45, 2.75) is 17.1 Å². The van der Waals surface area contributed by atoms with Crippen molar-refractivity contribution in [3.8, 4) is 0 Å². The highest BCUT2D eigenvalue weighted by Gasteiger charge is 2.19. The molecular formula is C33H27Cl2N3O5S. The molecule has 3 amide bonds. The molecule has 0 fully saturated rings. The first-order valence-corrected chi connectivity index (χ1v) is 14.9. The second-order valence-corrected chi connectivity index (χ2v) is 11.5. The van der Waals surface area contributed by atoms with Gasteiger partial charge in [-0.25, -0.2) is 4.79 Å². The molecule has 0 aliphatic carbocycles. The van der Waals surface area contributed by atoms with Crippen molar-refractivity contribution in [1.29, 1.82) is 0 Å². The predicted molar refractivity (Wildman–Crippen MR) is 175 cm³/mol. The Labute approximate surface area is 268 Å². The SMILES string of the molecule is COC(=O)c1ccccc1NC(=O)C(C)Sc1ccc(NC(=O)/C(=C/c2cccc(Cl)c2Cl)NC(=O)c2ccccc2)cc1. The van der Waals surface area contributed by atoms with Gasteiger partial charge in [0.2, 0.25) is 5.91 Å². The number of methoxy groups -OCH3 is 1. The molecule has 0 heterocycles. The first-order chi connectivity index (χ1) is 21.2. The Bertz CT molecular complexity index is 1710. The van der Waals surface area contributed by atoms with Gasteiger partial charge in [0, 0.05) is 16.1 Å². The van der Waals surface area contributed by atoms with Crippen LogP contribution in [0.1, 0.15) is 33.2 Å². The van der Waals surface area contributed by atoms with Gasteiger partial charge in [-0.2, -0.15) is 0 Å². The summed E-state index contributed by atoms with van der Waals surface area (Å²) < 4.78 is 4.79. The lowest BCUT2D eigenvalue weighted by molar-refractivity contribution is -0.115. The molecule has 0 saturated heterocycles. The normalized spacial score (nSPS) is 11.7.